The van der Waals surface area contributed by atoms with Crippen LogP contribution >= 0.6 is 0 Å². The molecule has 0 unspecified atom stereocenters. The van der Waals surface area contributed by atoms with Crippen molar-refractivity contribution in [2.45, 2.75) is 40.3 Å². The molecule has 0 spiro atoms. The Hall–Kier alpha value is -0.830. The Morgan fingerprint density at radius 2 is 2.21 bits per heavy atom. The summed E-state index contributed by atoms with van der Waals surface area (Å²) in [5.74, 6) is 0.694. The first-order valence-corrected chi connectivity index (χ1v) is 5.37. The average molecular weight is 195 g/mol. The molecule has 1 N–H and O–H groups in total. The molecule has 0 aliphatic heterocycles. The number of nitrogens with zero attached hydrogens (tertiary/aromatic N) is 2. The molecule has 1 rings (SSSR count). The lowest BCUT2D eigenvalue weighted by Crippen LogP contribution is -2.07. The van der Waals surface area contributed by atoms with Crippen LogP contribution in [0, 0.1) is 5.92 Å². The molecule has 0 aliphatic rings. The monoisotopic (exact) mass is 195 g/mol. The molecule has 0 aliphatic carbocycles. The Bertz CT molecular complexity index is 276. The molecule has 3 nitrogen and oxygen atoms in total. The molecule has 1 aromatic rings. The van der Waals surface area contributed by atoms with Gasteiger partial charge < -0.3 is 5.32 Å². The standard InChI is InChI=1S/C11H21N3/c1-5-14-11(6-9(2)3)7-10(13-14)8-12-4/h7,9,12H,5-6,8H2,1-4H3. The van der Waals surface area contributed by atoms with Crippen LogP contribution in [0.1, 0.15) is 32.2 Å². The summed E-state index contributed by atoms with van der Waals surface area (Å²) in [4.78, 5) is 0. The van der Waals surface area contributed by atoms with Crippen LogP contribution in [0.5, 0.6) is 0 Å². The van der Waals surface area contributed by atoms with Crippen molar-refractivity contribution in [3.63, 3.8) is 0 Å². The number of nitrogens with one attached hydrogen (secondary N) is 1. The van der Waals surface area contributed by atoms with Crippen LogP contribution < -0.4 is 5.32 Å². The molecular formula is C11H21N3. The van der Waals surface area contributed by atoms with Crippen molar-refractivity contribution in [1.29, 1.82) is 0 Å². The first-order chi connectivity index (χ1) is 6.67. The van der Waals surface area contributed by atoms with Crippen molar-refractivity contribution < 1.29 is 0 Å². The van der Waals surface area contributed by atoms with Gasteiger partial charge in [0, 0.05) is 18.8 Å². The predicted molar refractivity (Wildman–Crippen MR) is 59.2 cm³/mol. The number of aryl methyl sites for hydroxylation is 1. The van der Waals surface area contributed by atoms with E-state index in [1.807, 2.05) is 7.05 Å². The van der Waals surface area contributed by atoms with E-state index in [1.165, 1.54) is 5.69 Å². The van der Waals surface area contributed by atoms with Gasteiger partial charge in [-0.05, 0) is 32.4 Å². The topological polar surface area (TPSA) is 29.9 Å². The lowest BCUT2D eigenvalue weighted by Gasteiger charge is -2.06. The Balaban J connectivity index is 2.79. The normalized spacial score (nSPS) is 11.2. The number of rotatable bonds is 5. The van der Waals surface area contributed by atoms with E-state index in [0.29, 0.717) is 5.92 Å². The largest absolute Gasteiger partial charge is 0.314 e. The van der Waals surface area contributed by atoms with Gasteiger partial charge in [-0.15, -0.1) is 0 Å². The van der Waals surface area contributed by atoms with E-state index in [0.717, 1.165) is 25.2 Å². The number of hydrogen-bond acceptors (Lipinski definition) is 2. The Morgan fingerprint density at radius 3 is 2.71 bits per heavy atom. The Kier molecular flexibility index (Phi) is 4.14. The van der Waals surface area contributed by atoms with E-state index in [-0.39, 0.29) is 0 Å². The molecule has 0 amide bonds. The van der Waals surface area contributed by atoms with Crippen LogP contribution in [0.4, 0.5) is 0 Å². The summed E-state index contributed by atoms with van der Waals surface area (Å²) >= 11 is 0. The van der Waals surface area contributed by atoms with Gasteiger partial charge in [-0.2, -0.15) is 5.10 Å². The van der Waals surface area contributed by atoms with Crippen molar-refractivity contribution in [2.24, 2.45) is 5.92 Å². The van der Waals surface area contributed by atoms with E-state index in [9.17, 15) is 0 Å². The van der Waals surface area contributed by atoms with Gasteiger partial charge >= 0.3 is 0 Å². The van der Waals surface area contributed by atoms with Crippen LogP contribution in [-0.2, 0) is 19.5 Å². The van der Waals surface area contributed by atoms with Crippen LogP contribution in [0.3, 0.4) is 0 Å². The van der Waals surface area contributed by atoms with Crippen molar-refractivity contribution in [2.75, 3.05) is 7.05 Å². The minimum absolute atomic E-state index is 0.694. The quantitative estimate of drug-likeness (QED) is 0.776. The third-order valence-electron chi connectivity index (χ3n) is 2.19. The zero-order chi connectivity index (χ0) is 10.6. The van der Waals surface area contributed by atoms with Crippen LogP contribution in [-0.4, -0.2) is 16.8 Å². The minimum atomic E-state index is 0.694. The Labute approximate surface area is 86.5 Å². The lowest BCUT2D eigenvalue weighted by atomic mass is 10.1. The van der Waals surface area contributed by atoms with Gasteiger partial charge in [0.1, 0.15) is 0 Å². The summed E-state index contributed by atoms with van der Waals surface area (Å²) in [6, 6.07) is 2.21. The van der Waals surface area contributed by atoms with Crippen molar-refractivity contribution in [1.82, 2.24) is 15.1 Å². The molecule has 0 saturated carbocycles. The first kappa shape index (κ1) is 11.2. The summed E-state index contributed by atoms with van der Waals surface area (Å²) in [6.45, 7) is 8.44. The van der Waals surface area contributed by atoms with E-state index >= 15 is 0 Å². The summed E-state index contributed by atoms with van der Waals surface area (Å²) in [7, 11) is 1.95. The molecule has 1 heterocycles. The van der Waals surface area contributed by atoms with Crippen LogP contribution in [0.25, 0.3) is 0 Å². The molecule has 14 heavy (non-hydrogen) atoms. The molecule has 0 radical (unpaired) electrons. The third kappa shape index (κ3) is 2.84. The van der Waals surface area contributed by atoms with Gasteiger partial charge in [0.05, 0.1) is 5.69 Å². The number of hydrogen-bond donors (Lipinski definition) is 1. The van der Waals surface area contributed by atoms with Crippen LogP contribution in [0.2, 0.25) is 0 Å². The van der Waals surface area contributed by atoms with Gasteiger partial charge in [0.2, 0.25) is 0 Å². The van der Waals surface area contributed by atoms with Crippen molar-refractivity contribution >= 4 is 0 Å². The molecule has 3 heteroatoms. The van der Waals surface area contributed by atoms with Gasteiger partial charge in [0.15, 0.2) is 0 Å². The summed E-state index contributed by atoms with van der Waals surface area (Å²) in [6.07, 6.45) is 1.12. The second kappa shape index (κ2) is 5.15. The highest BCUT2D eigenvalue weighted by Crippen LogP contribution is 2.10. The average Bonchev–Trinajstić information content (AvgIpc) is 2.47. The van der Waals surface area contributed by atoms with E-state index < -0.39 is 0 Å². The zero-order valence-corrected chi connectivity index (χ0v) is 9.67. The molecule has 80 valence electrons. The fourth-order valence-corrected chi connectivity index (χ4v) is 1.64. The van der Waals surface area contributed by atoms with Gasteiger partial charge in [-0.3, -0.25) is 4.68 Å². The van der Waals surface area contributed by atoms with Gasteiger partial charge in [-0.25, -0.2) is 0 Å². The molecular weight excluding hydrogens is 174 g/mol. The number of aromatic nitrogens is 2. The highest BCUT2D eigenvalue weighted by atomic mass is 15.3. The maximum atomic E-state index is 4.53. The van der Waals surface area contributed by atoms with E-state index in [2.05, 4.69) is 41.9 Å². The predicted octanol–water partition coefficient (Wildman–Crippen LogP) is 1.82. The highest BCUT2D eigenvalue weighted by Gasteiger charge is 2.07. The van der Waals surface area contributed by atoms with Crippen LogP contribution in [0.15, 0.2) is 6.07 Å². The summed E-state index contributed by atoms with van der Waals surface area (Å²) in [5, 5.41) is 7.65. The van der Waals surface area contributed by atoms with E-state index in [4.69, 9.17) is 0 Å². The Morgan fingerprint density at radius 1 is 1.50 bits per heavy atom. The summed E-state index contributed by atoms with van der Waals surface area (Å²) in [5.41, 5.74) is 2.50. The van der Waals surface area contributed by atoms with Crippen molar-refractivity contribution in [3.8, 4) is 0 Å². The molecule has 1 aromatic heterocycles. The molecule has 0 bridgehead atoms. The molecule has 0 fully saturated rings. The molecule has 0 aromatic carbocycles. The van der Waals surface area contributed by atoms with Gasteiger partial charge in [-0.1, -0.05) is 13.8 Å². The second-order valence-electron chi connectivity index (χ2n) is 4.07. The third-order valence-corrected chi connectivity index (χ3v) is 2.19. The smallest absolute Gasteiger partial charge is 0.0765 e. The maximum Gasteiger partial charge on any atom is 0.0765 e. The SMILES string of the molecule is CCn1nc(CNC)cc1CC(C)C. The second-order valence-corrected chi connectivity index (χ2v) is 4.07. The highest BCUT2D eigenvalue weighted by molar-refractivity contribution is 5.11. The lowest BCUT2D eigenvalue weighted by molar-refractivity contribution is 0.558. The fraction of sp³-hybridized carbons (Fsp3) is 0.727. The maximum absolute atomic E-state index is 4.53. The zero-order valence-electron chi connectivity index (χ0n) is 9.67. The van der Waals surface area contributed by atoms with Gasteiger partial charge in [0.25, 0.3) is 0 Å². The molecule has 0 atom stereocenters. The summed E-state index contributed by atoms with van der Waals surface area (Å²) < 4.78 is 2.10. The fourth-order valence-electron chi connectivity index (χ4n) is 1.64. The molecule has 0 saturated heterocycles. The van der Waals surface area contributed by atoms with Crippen molar-refractivity contribution in [3.05, 3.63) is 17.5 Å². The minimum Gasteiger partial charge on any atom is -0.314 e. The first-order valence-electron chi connectivity index (χ1n) is 5.37. The van der Waals surface area contributed by atoms with E-state index in [1.54, 1.807) is 0 Å².